The Morgan fingerprint density at radius 3 is 2.32 bits per heavy atom. The Bertz CT molecular complexity index is 434. The maximum absolute atomic E-state index is 6.34. The first-order valence-corrected chi connectivity index (χ1v) is 7.51. The van der Waals surface area contributed by atoms with Crippen LogP contribution in [0.1, 0.15) is 70.0 Å². The summed E-state index contributed by atoms with van der Waals surface area (Å²) in [5, 5.41) is 0. The van der Waals surface area contributed by atoms with E-state index in [4.69, 9.17) is 5.73 Å². The Labute approximate surface area is 117 Å². The van der Waals surface area contributed by atoms with Gasteiger partial charge in [0.25, 0.3) is 0 Å². The van der Waals surface area contributed by atoms with Crippen LogP contribution in [0.3, 0.4) is 0 Å². The van der Waals surface area contributed by atoms with Crippen LogP contribution in [0.4, 0.5) is 0 Å². The second kappa shape index (κ2) is 5.92. The highest BCUT2D eigenvalue weighted by atomic mass is 14.6. The normalized spacial score (nSPS) is 18.0. The van der Waals surface area contributed by atoms with Gasteiger partial charge in [-0.05, 0) is 48.6 Å². The molecule has 0 amide bonds. The Hall–Kier alpha value is -1.08. The Kier molecular flexibility index (Phi) is 4.46. The molecule has 1 nitrogen and oxygen atoms in total. The van der Waals surface area contributed by atoms with Gasteiger partial charge in [-0.25, -0.2) is 0 Å². The van der Waals surface area contributed by atoms with E-state index < -0.39 is 0 Å². The SMILES string of the molecule is CC(C)(C)c1ccc(C(N)CC2=CCCCC2)cc1. The molecule has 1 aliphatic rings. The van der Waals surface area contributed by atoms with E-state index in [2.05, 4.69) is 51.1 Å². The smallest absolute Gasteiger partial charge is 0.0332 e. The van der Waals surface area contributed by atoms with Crippen molar-refractivity contribution in [2.24, 2.45) is 5.73 Å². The summed E-state index contributed by atoms with van der Waals surface area (Å²) in [5.74, 6) is 0. The number of benzene rings is 1. The molecule has 0 saturated carbocycles. The maximum atomic E-state index is 6.34. The van der Waals surface area contributed by atoms with Crippen molar-refractivity contribution >= 4 is 0 Å². The van der Waals surface area contributed by atoms with Crippen LogP contribution in [0.5, 0.6) is 0 Å². The second-order valence-electron chi connectivity index (χ2n) is 6.79. The van der Waals surface area contributed by atoms with Gasteiger partial charge in [-0.2, -0.15) is 0 Å². The third kappa shape index (κ3) is 3.94. The summed E-state index contributed by atoms with van der Waals surface area (Å²) in [7, 11) is 0. The summed E-state index contributed by atoms with van der Waals surface area (Å²) < 4.78 is 0. The zero-order valence-corrected chi connectivity index (χ0v) is 12.6. The number of hydrogen-bond acceptors (Lipinski definition) is 1. The molecule has 0 aromatic heterocycles. The fourth-order valence-corrected chi connectivity index (χ4v) is 2.72. The lowest BCUT2D eigenvalue weighted by molar-refractivity contribution is 0.588. The monoisotopic (exact) mass is 257 g/mol. The molecule has 2 N–H and O–H groups in total. The largest absolute Gasteiger partial charge is 0.324 e. The molecule has 0 spiro atoms. The van der Waals surface area contributed by atoms with Gasteiger partial charge in [0.05, 0.1) is 0 Å². The van der Waals surface area contributed by atoms with Crippen molar-refractivity contribution in [1.29, 1.82) is 0 Å². The van der Waals surface area contributed by atoms with E-state index in [9.17, 15) is 0 Å². The molecule has 19 heavy (non-hydrogen) atoms. The van der Waals surface area contributed by atoms with Gasteiger partial charge in [-0.1, -0.05) is 56.7 Å². The van der Waals surface area contributed by atoms with Gasteiger partial charge in [0.15, 0.2) is 0 Å². The third-order valence-corrected chi connectivity index (χ3v) is 4.07. The van der Waals surface area contributed by atoms with Crippen molar-refractivity contribution in [3.63, 3.8) is 0 Å². The van der Waals surface area contributed by atoms with E-state index in [1.165, 1.54) is 36.8 Å². The molecule has 0 radical (unpaired) electrons. The lowest BCUT2D eigenvalue weighted by atomic mass is 9.85. The van der Waals surface area contributed by atoms with Crippen LogP contribution in [0.2, 0.25) is 0 Å². The topological polar surface area (TPSA) is 26.0 Å². The summed E-state index contributed by atoms with van der Waals surface area (Å²) >= 11 is 0. The number of nitrogens with two attached hydrogens (primary N) is 1. The zero-order chi connectivity index (χ0) is 13.9. The summed E-state index contributed by atoms with van der Waals surface area (Å²) in [5.41, 5.74) is 10.8. The fourth-order valence-electron chi connectivity index (χ4n) is 2.72. The van der Waals surface area contributed by atoms with E-state index in [1.54, 1.807) is 5.57 Å². The highest BCUT2D eigenvalue weighted by Gasteiger charge is 2.15. The number of hydrogen-bond donors (Lipinski definition) is 1. The van der Waals surface area contributed by atoms with Crippen LogP contribution in [0, 0.1) is 0 Å². The zero-order valence-electron chi connectivity index (χ0n) is 12.6. The molecule has 0 bridgehead atoms. The molecule has 1 atom stereocenters. The Morgan fingerprint density at radius 1 is 1.11 bits per heavy atom. The molecule has 1 unspecified atom stereocenters. The molecule has 1 aromatic carbocycles. The number of allylic oxidation sites excluding steroid dienone is 1. The van der Waals surface area contributed by atoms with E-state index >= 15 is 0 Å². The van der Waals surface area contributed by atoms with Crippen molar-refractivity contribution in [2.75, 3.05) is 0 Å². The first-order chi connectivity index (χ1) is 8.97. The van der Waals surface area contributed by atoms with E-state index in [-0.39, 0.29) is 11.5 Å². The second-order valence-corrected chi connectivity index (χ2v) is 6.79. The average Bonchev–Trinajstić information content (AvgIpc) is 2.39. The number of rotatable bonds is 3. The van der Waals surface area contributed by atoms with Gasteiger partial charge in [0.1, 0.15) is 0 Å². The van der Waals surface area contributed by atoms with Crippen molar-refractivity contribution in [2.45, 2.75) is 64.3 Å². The van der Waals surface area contributed by atoms with Crippen LogP contribution in [0.25, 0.3) is 0 Å². The molecule has 0 saturated heterocycles. The molecular formula is C18H27N. The summed E-state index contributed by atoms with van der Waals surface area (Å²) in [4.78, 5) is 0. The minimum absolute atomic E-state index is 0.151. The van der Waals surface area contributed by atoms with E-state index in [0.717, 1.165) is 6.42 Å². The molecular weight excluding hydrogens is 230 g/mol. The molecule has 0 fully saturated rings. The van der Waals surface area contributed by atoms with Gasteiger partial charge in [0, 0.05) is 6.04 Å². The highest BCUT2D eigenvalue weighted by Crippen LogP contribution is 2.28. The van der Waals surface area contributed by atoms with Crippen LogP contribution < -0.4 is 5.73 Å². The van der Waals surface area contributed by atoms with Gasteiger partial charge in [-0.3, -0.25) is 0 Å². The maximum Gasteiger partial charge on any atom is 0.0332 e. The Morgan fingerprint density at radius 2 is 1.79 bits per heavy atom. The van der Waals surface area contributed by atoms with Crippen LogP contribution >= 0.6 is 0 Å². The van der Waals surface area contributed by atoms with Gasteiger partial charge in [-0.15, -0.1) is 0 Å². The summed E-state index contributed by atoms with van der Waals surface area (Å²) in [6.07, 6.45) is 8.58. The fraction of sp³-hybridized carbons (Fsp3) is 0.556. The van der Waals surface area contributed by atoms with Crippen molar-refractivity contribution < 1.29 is 0 Å². The van der Waals surface area contributed by atoms with Crippen molar-refractivity contribution in [3.8, 4) is 0 Å². The quantitative estimate of drug-likeness (QED) is 0.768. The molecule has 104 valence electrons. The van der Waals surface area contributed by atoms with Crippen molar-refractivity contribution in [1.82, 2.24) is 0 Å². The lowest BCUT2D eigenvalue weighted by Gasteiger charge is -2.21. The van der Waals surface area contributed by atoms with Crippen LogP contribution in [0.15, 0.2) is 35.9 Å². The molecule has 0 aliphatic heterocycles. The van der Waals surface area contributed by atoms with Crippen LogP contribution in [-0.2, 0) is 5.41 Å². The van der Waals surface area contributed by atoms with Crippen molar-refractivity contribution in [3.05, 3.63) is 47.0 Å². The average molecular weight is 257 g/mol. The van der Waals surface area contributed by atoms with Gasteiger partial charge >= 0.3 is 0 Å². The minimum atomic E-state index is 0.151. The predicted octanol–water partition coefficient (Wildman–Crippen LogP) is 4.87. The summed E-state index contributed by atoms with van der Waals surface area (Å²) in [6.45, 7) is 6.73. The molecule has 1 aromatic rings. The summed E-state index contributed by atoms with van der Waals surface area (Å²) in [6, 6.07) is 9.01. The first kappa shape index (κ1) is 14.3. The molecule has 1 heteroatoms. The third-order valence-electron chi connectivity index (χ3n) is 4.07. The van der Waals surface area contributed by atoms with Crippen LogP contribution in [-0.4, -0.2) is 0 Å². The Balaban J connectivity index is 2.03. The first-order valence-electron chi connectivity index (χ1n) is 7.51. The molecule has 0 heterocycles. The lowest BCUT2D eigenvalue weighted by Crippen LogP contribution is -2.14. The van der Waals surface area contributed by atoms with Gasteiger partial charge < -0.3 is 5.73 Å². The standard InChI is InChI=1S/C18H27N/c1-18(2,3)16-11-9-15(10-12-16)17(19)13-14-7-5-4-6-8-14/h7,9-12,17H,4-6,8,13,19H2,1-3H3. The molecule has 1 aliphatic carbocycles. The van der Waals surface area contributed by atoms with E-state index in [1.807, 2.05) is 0 Å². The van der Waals surface area contributed by atoms with E-state index in [0.29, 0.717) is 0 Å². The molecule has 2 rings (SSSR count). The predicted molar refractivity (Wildman–Crippen MR) is 83.2 cm³/mol. The highest BCUT2D eigenvalue weighted by molar-refractivity contribution is 5.30. The van der Waals surface area contributed by atoms with Gasteiger partial charge in [0.2, 0.25) is 0 Å². The minimum Gasteiger partial charge on any atom is -0.324 e.